The highest BCUT2D eigenvalue weighted by Crippen LogP contribution is 2.36. The van der Waals surface area contributed by atoms with E-state index in [1.807, 2.05) is 18.2 Å². The molecule has 3 aromatic rings. The number of hydrogen-bond donors (Lipinski definition) is 0. The summed E-state index contributed by atoms with van der Waals surface area (Å²) in [7, 11) is 0. The Morgan fingerprint density at radius 2 is 2.10 bits per heavy atom. The van der Waals surface area contributed by atoms with E-state index in [1.165, 1.54) is 11.1 Å². The molecule has 2 aromatic carbocycles. The maximum atomic E-state index is 12.0. The van der Waals surface area contributed by atoms with Gasteiger partial charge >= 0.3 is 5.76 Å². The largest absolute Gasteiger partial charge is 0.419 e. The number of rotatable bonds is 2. The lowest BCUT2D eigenvalue weighted by Gasteiger charge is -2.30. The smallest absolute Gasteiger partial charge is 0.408 e. The van der Waals surface area contributed by atoms with Crippen LogP contribution in [0.15, 0.2) is 51.7 Å². The average molecular weight is 377 g/mol. The van der Waals surface area contributed by atoms with Gasteiger partial charge in [0.2, 0.25) is 0 Å². The summed E-state index contributed by atoms with van der Waals surface area (Å²) < 4.78 is 8.19. The zero-order valence-electron chi connectivity index (χ0n) is 10.7. The summed E-state index contributed by atoms with van der Waals surface area (Å²) >= 11 is 2.25. The third kappa shape index (κ3) is 1.82. The van der Waals surface area contributed by atoms with E-state index in [0.717, 1.165) is 15.5 Å². The van der Waals surface area contributed by atoms with Crippen LogP contribution in [0, 0.1) is 3.57 Å². The van der Waals surface area contributed by atoms with Crippen LogP contribution >= 0.6 is 22.6 Å². The Balaban J connectivity index is 1.75. The van der Waals surface area contributed by atoms with Gasteiger partial charge in [0.1, 0.15) is 0 Å². The molecule has 1 unspecified atom stereocenters. The summed E-state index contributed by atoms with van der Waals surface area (Å²) in [5, 5.41) is 0. The summed E-state index contributed by atoms with van der Waals surface area (Å²) in [5.41, 5.74) is 4.32. The molecule has 0 bridgehead atoms. The van der Waals surface area contributed by atoms with Crippen LogP contribution in [0.2, 0.25) is 0 Å². The second-order valence-electron chi connectivity index (χ2n) is 5.19. The molecule has 1 aliphatic rings. The van der Waals surface area contributed by atoms with E-state index in [9.17, 15) is 4.79 Å². The topological polar surface area (TPSA) is 35.1 Å². The Morgan fingerprint density at radius 1 is 1.25 bits per heavy atom. The van der Waals surface area contributed by atoms with Crippen molar-refractivity contribution in [3.63, 3.8) is 0 Å². The fraction of sp³-hybridized carbons (Fsp3) is 0.188. The molecule has 1 aromatic heterocycles. The SMILES string of the molecule is O=c1oc2ccc(I)cc2n1CC1Cc2ccccc21. The van der Waals surface area contributed by atoms with E-state index in [-0.39, 0.29) is 5.76 Å². The van der Waals surface area contributed by atoms with Crippen molar-refractivity contribution in [1.82, 2.24) is 4.57 Å². The minimum absolute atomic E-state index is 0.258. The minimum atomic E-state index is -0.258. The van der Waals surface area contributed by atoms with Crippen molar-refractivity contribution < 1.29 is 4.42 Å². The number of halogens is 1. The van der Waals surface area contributed by atoms with Gasteiger partial charge in [0.05, 0.1) is 5.52 Å². The molecular weight excluding hydrogens is 365 g/mol. The molecule has 4 rings (SSSR count). The van der Waals surface area contributed by atoms with Gasteiger partial charge in [-0.25, -0.2) is 4.79 Å². The third-order valence-electron chi connectivity index (χ3n) is 3.99. The first-order valence-corrected chi connectivity index (χ1v) is 7.67. The molecule has 0 radical (unpaired) electrons. The van der Waals surface area contributed by atoms with Crippen LogP contribution < -0.4 is 5.76 Å². The number of nitrogens with zero attached hydrogens (tertiary/aromatic N) is 1. The molecule has 0 spiro atoms. The van der Waals surface area contributed by atoms with E-state index >= 15 is 0 Å². The van der Waals surface area contributed by atoms with Crippen LogP contribution in [-0.2, 0) is 13.0 Å². The van der Waals surface area contributed by atoms with Crippen molar-refractivity contribution in [2.75, 3.05) is 0 Å². The van der Waals surface area contributed by atoms with Crippen molar-refractivity contribution >= 4 is 33.7 Å². The van der Waals surface area contributed by atoms with Gasteiger partial charge in [0.15, 0.2) is 5.58 Å². The summed E-state index contributed by atoms with van der Waals surface area (Å²) in [6.07, 6.45) is 1.04. The van der Waals surface area contributed by atoms with Gasteiger partial charge in [-0.2, -0.15) is 0 Å². The van der Waals surface area contributed by atoms with Gasteiger partial charge in [0, 0.05) is 16.0 Å². The molecule has 0 amide bonds. The third-order valence-corrected chi connectivity index (χ3v) is 4.66. The molecule has 1 heterocycles. The normalized spacial score (nSPS) is 16.9. The van der Waals surface area contributed by atoms with Gasteiger partial charge in [0.25, 0.3) is 0 Å². The van der Waals surface area contributed by atoms with E-state index in [1.54, 1.807) is 4.57 Å². The highest BCUT2D eigenvalue weighted by atomic mass is 127. The Kier molecular flexibility index (Phi) is 2.73. The predicted octanol–water partition coefficient (Wildman–Crippen LogP) is 3.54. The fourth-order valence-corrected chi connectivity index (χ4v) is 3.43. The number of aromatic nitrogens is 1. The summed E-state index contributed by atoms with van der Waals surface area (Å²) in [6, 6.07) is 14.3. The number of oxazole rings is 1. The fourth-order valence-electron chi connectivity index (χ4n) is 2.95. The Bertz CT molecular complexity index is 862. The van der Waals surface area contributed by atoms with Crippen LogP contribution in [0.5, 0.6) is 0 Å². The molecule has 0 saturated carbocycles. The van der Waals surface area contributed by atoms with Crippen LogP contribution in [0.3, 0.4) is 0 Å². The highest BCUT2D eigenvalue weighted by molar-refractivity contribution is 14.1. The Labute approximate surface area is 129 Å². The first-order valence-electron chi connectivity index (χ1n) is 6.59. The van der Waals surface area contributed by atoms with Crippen LogP contribution in [-0.4, -0.2) is 4.57 Å². The highest BCUT2D eigenvalue weighted by Gasteiger charge is 2.27. The van der Waals surface area contributed by atoms with Gasteiger partial charge in [-0.15, -0.1) is 0 Å². The molecular formula is C16H12INO2. The monoisotopic (exact) mass is 377 g/mol. The number of hydrogen-bond acceptors (Lipinski definition) is 2. The first kappa shape index (κ1) is 12.2. The molecule has 1 atom stereocenters. The Hall–Kier alpha value is -1.56. The lowest BCUT2D eigenvalue weighted by molar-refractivity contribution is 0.455. The maximum absolute atomic E-state index is 12.0. The molecule has 20 heavy (non-hydrogen) atoms. The van der Waals surface area contributed by atoms with Crippen molar-refractivity contribution in [1.29, 1.82) is 0 Å². The molecule has 3 nitrogen and oxygen atoms in total. The molecule has 0 aliphatic heterocycles. The second-order valence-corrected chi connectivity index (χ2v) is 6.44. The van der Waals surface area contributed by atoms with Crippen molar-refractivity contribution in [3.8, 4) is 0 Å². The summed E-state index contributed by atoms with van der Waals surface area (Å²) in [6.45, 7) is 0.697. The quantitative estimate of drug-likeness (QED) is 0.641. The van der Waals surface area contributed by atoms with E-state index < -0.39 is 0 Å². The summed E-state index contributed by atoms with van der Waals surface area (Å²) in [5.74, 6) is 0.161. The average Bonchev–Trinajstić information content (AvgIpc) is 2.72. The maximum Gasteiger partial charge on any atom is 0.419 e. The predicted molar refractivity (Wildman–Crippen MR) is 86.1 cm³/mol. The van der Waals surface area contributed by atoms with Gasteiger partial charge in [-0.05, 0) is 58.3 Å². The van der Waals surface area contributed by atoms with Crippen LogP contribution in [0.1, 0.15) is 17.0 Å². The van der Waals surface area contributed by atoms with E-state index in [4.69, 9.17) is 4.42 Å². The van der Waals surface area contributed by atoms with Crippen molar-refractivity contribution in [2.45, 2.75) is 18.9 Å². The molecule has 0 saturated heterocycles. The standard InChI is InChI=1S/C16H12INO2/c17-12-5-6-15-14(8-12)18(16(19)20-15)9-11-7-10-3-1-2-4-13(10)11/h1-6,8,11H,7,9H2. The van der Waals surface area contributed by atoms with E-state index in [0.29, 0.717) is 18.0 Å². The molecule has 0 fully saturated rings. The zero-order valence-corrected chi connectivity index (χ0v) is 12.8. The van der Waals surface area contributed by atoms with Crippen LogP contribution in [0.25, 0.3) is 11.1 Å². The Morgan fingerprint density at radius 3 is 2.95 bits per heavy atom. The molecule has 100 valence electrons. The second kappa shape index (κ2) is 4.48. The van der Waals surface area contributed by atoms with Crippen LogP contribution in [0.4, 0.5) is 0 Å². The van der Waals surface area contributed by atoms with E-state index in [2.05, 4.69) is 46.9 Å². The summed E-state index contributed by atoms with van der Waals surface area (Å²) in [4.78, 5) is 12.0. The van der Waals surface area contributed by atoms with Crippen molar-refractivity contribution in [3.05, 3.63) is 67.7 Å². The lowest BCUT2D eigenvalue weighted by atomic mass is 9.77. The van der Waals surface area contributed by atoms with Crippen molar-refractivity contribution in [2.24, 2.45) is 0 Å². The van der Waals surface area contributed by atoms with Gasteiger partial charge < -0.3 is 4.42 Å². The van der Waals surface area contributed by atoms with Gasteiger partial charge in [-0.1, -0.05) is 24.3 Å². The molecule has 4 heteroatoms. The number of fused-ring (bicyclic) bond motifs is 2. The number of benzene rings is 2. The minimum Gasteiger partial charge on any atom is -0.408 e. The first-order chi connectivity index (χ1) is 9.72. The molecule has 1 aliphatic carbocycles. The zero-order chi connectivity index (χ0) is 13.7. The lowest BCUT2D eigenvalue weighted by Crippen LogP contribution is -2.26. The van der Waals surface area contributed by atoms with Gasteiger partial charge in [-0.3, -0.25) is 4.57 Å². The molecule has 0 N–H and O–H groups in total.